The van der Waals surface area contributed by atoms with Crippen LogP contribution in [0.3, 0.4) is 0 Å². The van der Waals surface area contributed by atoms with Crippen molar-refractivity contribution in [2.45, 2.75) is 74.8 Å². The molecule has 0 aliphatic carbocycles. The molecule has 12 nitrogen and oxygen atoms in total. The van der Waals surface area contributed by atoms with Crippen molar-refractivity contribution in [3.63, 3.8) is 0 Å². The maximum Gasteiger partial charge on any atom is 0.187 e. The molecule has 0 unspecified atom stereocenters. The van der Waals surface area contributed by atoms with Crippen LogP contribution in [0.2, 0.25) is 0 Å². The summed E-state index contributed by atoms with van der Waals surface area (Å²) in [5.74, 6) is -0.555. The lowest BCUT2D eigenvalue weighted by Crippen LogP contribution is -2.64. The standard InChI is InChI=1S/C20H30O12/c1-8-13(24)15(26)16(27)20(30-8)32-18-14(25)12(7-21)31-19(17(18)28)29-5-4-9-2-3-10(22)11(23)6-9/h2-3,6,8,12-28H,4-5,7H2,1H3/t8-,12-,13+,14-,15-,16-,17-,18-,19-,20+/m1/s1. The zero-order valence-corrected chi connectivity index (χ0v) is 17.3. The lowest BCUT2D eigenvalue weighted by molar-refractivity contribution is -0.357. The van der Waals surface area contributed by atoms with Crippen LogP contribution in [0, 0.1) is 0 Å². The fourth-order valence-corrected chi connectivity index (χ4v) is 3.65. The van der Waals surface area contributed by atoms with E-state index in [2.05, 4.69) is 0 Å². The van der Waals surface area contributed by atoms with Crippen LogP contribution in [-0.2, 0) is 25.4 Å². The second-order valence-corrected chi connectivity index (χ2v) is 7.93. The Balaban J connectivity index is 1.64. The van der Waals surface area contributed by atoms with Gasteiger partial charge in [-0.2, -0.15) is 0 Å². The summed E-state index contributed by atoms with van der Waals surface area (Å²) in [4.78, 5) is 0. The molecular weight excluding hydrogens is 432 g/mol. The number of phenols is 2. The van der Waals surface area contributed by atoms with E-state index in [0.29, 0.717) is 5.56 Å². The third-order valence-electron chi connectivity index (χ3n) is 5.63. The highest BCUT2D eigenvalue weighted by Gasteiger charge is 2.50. The first-order valence-corrected chi connectivity index (χ1v) is 10.2. The quantitative estimate of drug-likeness (QED) is 0.196. The van der Waals surface area contributed by atoms with Crippen LogP contribution in [-0.4, -0.2) is 115 Å². The monoisotopic (exact) mass is 462 g/mol. The Morgan fingerprint density at radius 3 is 2.22 bits per heavy atom. The molecule has 10 atom stereocenters. The molecule has 2 fully saturated rings. The van der Waals surface area contributed by atoms with Gasteiger partial charge in [-0.25, -0.2) is 0 Å². The SMILES string of the molecule is C[C@H]1O[C@@H](O[C@H]2[C@@H](O)[C@H](OCCc3ccc(O)c(O)c3)O[C@H](CO)[C@H]2O)[C@H](O)[C@H](O)[C@H]1O. The molecule has 2 saturated heterocycles. The summed E-state index contributed by atoms with van der Waals surface area (Å²) in [6, 6.07) is 4.25. The second kappa shape index (κ2) is 10.6. The highest BCUT2D eigenvalue weighted by molar-refractivity contribution is 5.40. The molecular formula is C20H30O12. The van der Waals surface area contributed by atoms with Gasteiger partial charge >= 0.3 is 0 Å². The number of rotatable bonds is 7. The van der Waals surface area contributed by atoms with E-state index in [4.69, 9.17) is 18.9 Å². The average molecular weight is 462 g/mol. The number of ether oxygens (including phenoxy) is 4. The number of aliphatic hydroxyl groups is 6. The summed E-state index contributed by atoms with van der Waals surface area (Å²) >= 11 is 0. The van der Waals surface area contributed by atoms with Gasteiger partial charge in [0.25, 0.3) is 0 Å². The minimum absolute atomic E-state index is 0.0113. The van der Waals surface area contributed by atoms with Crippen molar-refractivity contribution < 1.29 is 59.8 Å². The summed E-state index contributed by atoms with van der Waals surface area (Å²) < 4.78 is 21.8. The fraction of sp³-hybridized carbons (Fsp3) is 0.700. The fourth-order valence-electron chi connectivity index (χ4n) is 3.65. The predicted octanol–water partition coefficient (Wildman–Crippen LogP) is -2.69. The molecule has 3 rings (SSSR count). The van der Waals surface area contributed by atoms with Crippen LogP contribution in [0.1, 0.15) is 12.5 Å². The van der Waals surface area contributed by atoms with Gasteiger partial charge in [-0.3, -0.25) is 0 Å². The van der Waals surface area contributed by atoms with Crippen molar-refractivity contribution in [2.24, 2.45) is 0 Å². The number of hydrogen-bond donors (Lipinski definition) is 8. The Morgan fingerprint density at radius 1 is 0.844 bits per heavy atom. The van der Waals surface area contributed by atoms with Crippen LogP contribution >= 0.6 is 0 Å². The highest BCUT2D eigenvalue weighted by Crippen LogP contribution is 2.30. The van der Waals surface area contributed by atoms with Crippen molar-refractivity contribution in [1.29, 1.82) is 0 Å². The van der Waals surface area contributed by atoms with Gasteiger partial charge in [0.05, 0.1) is 19.3 Å². The van der Waals surface area contributed by atoms with Gasteiger partial charge in [0.1, 0.15) is 42.7 Å². The largest absolute Gasteiger partial charge is 0.504 e. The Bertz CT molecular complexity index is 747. The Labute approximate surface area is 183 Å². The molecule has 32 heavy (non-hydrogen) atoms. The van der Waals surface area contributed by atoms with E-state index in [1.807, 2.05) is 0 Å². The van der Waals surface area contributed by atoms with Crippen LogP contribution in [0.4, 0.5) is 0 Å². The number of aliphatic hydroxyl groups excluding tert-OH is 6. The molecule has 2 heterocycles. The number of aromatic hydroxyl groups is 2. The summed E-state index contributed by atoms with van der Waals surface area (Å²) in [5.41, 5.74) is 0.636. The Morgan fingerprint density at radius 2 is 1.56 bits per heavy atom. The van der Waals surface area contributed by atoms with Gasteiger partial charge in [-0.15, -0.1) is 0 Å². The van der Waals surface area contributed by atoms with Gasteiger partial charge in [0, 0.05) is 0 Å². The topological polar surface area (TPSA) is 199 Å². The third-order valence-corrected chi connectivity index (χ3v) is 5.63. The molecule has 0 aromatic heterocycles. The molecule has 2 aliphatic rings. The number of benzene rings is 1. The van der Waals surface area contributed by atoms with E-state index in [1.54, 1.807) is 6.07 Å². The number of hydrogen-bond acceptors (Lipinski definition) is 12. The highest BCUT2D eigenvalue weighted by atomic mass is 16.7. The maximum atomic E-state index is 10.7. The molecule has 0 amide bonds. The lowest BCUT2D eigenvalue weighted by atomic mass is 9.97. The van der Waals surface area contributed by atoms with Crippen molar-refractivity contribution in [3.8, 4) is 11.5 Å². The summed E-state index contributed by atoms with van der Waals surface area (Å²) in [6.45, 7) is 0.846. The predicted molar refractivity (Wildman–Crippen MR) is 104 cm³/mol. The smallest absolute Gasteiger partial charge is 0.187 e. The van der Waals surface area contributed by atoms with Crippen molar-refractivity contribution in [1.82, 2.24) is 0 Å². The van der Waals surface area contributed by atoms with Gasteiger partial charge in [0.2, 0.25) is 0 Å². The first kappa shape index (κ1) is 25.1. The summed E-state index contributed by atoms with van der Waals surface area (Å²) in [6.07, 6.45) is -13.7. The molecule has 8 N–H and O–H groups in total. The van der Waals surface area contributed by atoms with E-state index in [9.17, 15) is 40.9 Å². The van der Waals surface area contributed by atoms with Crippen LogP contribution in [0.5, 0.6) is 11.5 Å². The van der Waals surface area contributed by atoms with Crippen LogP contribution in [0.25, 0.3) is 0 Å². The first-order valence-electron chi connectivity index (χ1n) is 10.2. The molecule has 0 radical (unpaired) electrons. The van der Waals surface area contributed by atoms with E-state index in [1.165, 1.54) is 19.1 Å². The average Bonchev–Trinajstić information content (AvgIpc) is 2.77. The lowest BCUT2D eigenvalue weighted by Gasteiger charge is -2.45. The van der Waals surface area contributed by atoms with Gasteiger partial charge < -0.3 is 59.8 Å². The molecule has 0 spiro atoms. The van der Waals surface area contributed by atoms with Crippen molar-refractivity contribution in [3.05, 3.63) is 23.8 Å². The first-order chi connectivity index (χ1) is 15.1. The normalized spacial score (nSPS) is 40.3. The Hall–Kier alpha value is -1.58. The van der Waals surface area contributed by atoms with Crippen LogP contribution in [0.15, 0.2) is 18.2 Å². The second-order valence-electron chi connectivity index (χ2n) is 7.93. The molecule has 2 aliphatic heterocycles. The molecule has 0 saturated carbocycles. The minimum Gasteiger partial charge on any atom is -0.504 e. The molecule has 182 valence electrons. The van der Waals surface area contributed by atoms with E-state index in [-0.39, 0.29) is 24.5 Å². The van der Waals surface area contributed by atoms with Gasteiger partial charge in [-0.1, -0.05) is 6.07 Å². The zero-order chi connectivity index (χ0) is 23.6. The third kappa shape index (κ3) is 5.31. The zero-order valence-electron chi connectivity index (χ0n) is 17.3. The molecule has 1 aromatic carbocycles. The Kier molecular flexibility index (Phi) is 8.27. The number of phenolic OH excluding ortho intramolecular Hbond substituents is 2. The summed E-state index contributed by atoms with van der Waals surface area (Å²) in [7, 11) is 0. The molecule has 12 heteroatoms. The van der Waals surface area contributed by atoms with E-state index < -0.39 is 68.0 Å². The molecule has 1 aromatic rings. The minimum atomic E-state index is -1.66. The van der Waals surface area contributed by atoms with Gasteiger partial charge in [-0.05, 0) is 31.0 Å². The summed E-state index contributed by atoms with van der Waals surface area (Å²) in [5, 5.41) is 79.5. The molecule has 0 bridgehead atoms. The van der Waals surface area contributed by atoms with Crippen molar-refractivity contribution >= 4 is 0 Å². The van der Waals surface area contributed by atoms with Crippen LogP contribution < -0.4 is 0 Å². The van der Waals surface area contributed by atoms with E-state index in [0.717, 1.165) is 0 Å². The van der Waals surface area contributed by atoms with E-state index >= 15 is 0 Å². The van der Waals surface area contributed by atoms with Gasteiger partial charge in [0.15, 0.2) is 24.1 Å². The maximum absolute atomic E-state index is 10.7. The van der Waals surface area contributed by atoms with Crippen molar-refractivity contribution in [2.75, 3.05) is 13.2 Å².